The summed E-state index contributed by atoms with van der Waals surface area (Å²) in [7, 11) is 0. The first kappa shape index (κ1) is 14.5. The molecule has 1 fully saturated rings. The van der Waals surface area contributed by atoms with Gasteiger partial charge in [-0.15, -0.1) is 0 Å². The number of pyridine rings is 1. The Bertz CT molecular complexity index is 449. The number of ether oxygens (including phenoxy) is 2. The number of alkyl halides is 3. The van der Waals surface area contributed by atoms with Gasteiger partial charge in [-0.1, -0.05) is 17.7 Å². The number of halogens is 4. The van der Waals surface area contributed by atoms with Crippen molar-refractivity contribution in [3.05, 3.63) is 28.5 Å². The third kappa shape index (κ3) is 3.36. The second-order valence-corrected chi connectivity index (χ2v) is 4.36. The molecule has 1 aliphatic rings. The van der Waals surface area contributed by atoms with E-state index in [9.17, 15) is 18.3 Å². The predicted molar refractivity (Wildman–Crippen MR) is 59.8 cm³/mol. The van der Waals surface area contributed by atoms with Crippen molar-refractivity contribution in [1.82, 2.24) is 4.98 Å². The summed E-state index contributed by atoms with van der Waals surface area (Å²) in [6.45, 7) is 0.883. The maximum atomic E-state index is 12.4. The number of aliphatic hydroxyl groups excluding tert-OH is 1. The fourth-order valence-corrected chi connectivity index (χ4v) is 1.98. The second kappa shape index (κ2) is 5.62. The van der Waals surface area contributed by atoms with E-state index in [0.717, 1.165) is 12.1 Å². The lowest BCUT2D eigenvalue weighted by Gasteiger charge is -2.27. The van der Waals surface area contributed by atoms with Crippen molar-refractivity contribution < 1.29 is 27.8 Å². The van der Waals surface area contributed by atoms with Crippen LogP contribution >= 0.6 is 11.6 Å². The Morgan fingerprint density at radius 3 is 2.63 bits per heavy atom. The predicted octanol–water partition coefficient (Wildman–Crippen LogP) is 2.20. The van der Waals surface area contributed by atoms with Crippen LogP contribution in [0.15, 0.2) is 12.1 Å². The van der Waals surface area contributed by atoms with E-state index in [1.807, 2.05) is 0 Å². The first-order chi connectivity index (χ1) is 8.89. The molecule has 1 aromatic rings. The van der Waals surface area contributed by atoms with Crippen LogP contribution in [-0.2, 0) is 15.7 Å². The maximum Gasteiger partial charge on any atom is 0.433 e. The molecule has 0 amide bonds. The van der Waals surface area contributed by atoms with Crippen LogP contribution in [-0.4, -0.2) is 36.0 Å². The molecule has 0 saturated carbocycles. The minimum Gasteiger partial charge on any atom is -0.385 e. The molecule has 4 nitrogen and oxygen atoms in total. The molecular weight excluding hydrogens is 287 g/mol. The van der Waals surface area contributed by atoms with E-state index in [4.69, 9.17) is 21.1 Å². The molecule has 0 aromatic carbocycles. The van der Waals surface area contributed by atoms with Crippen molar-refractivity contribution in [1.29, 1.82) is 0 Å². The molecule has 0 aliphatic carbocycles. The molecule has 2 unspecified atom stereocenters. The zero-order valence-corrected chi connectivity index (χ0v) is 10.4. The molecule has 1 N–H and O–H groups in total. The van der Waals surface area contributed by atoms with Gasteiger partial charge in [-0.2, -0.15) is 13.2 Å². The van der Waals surface area contributed by atoms with Crippen LogP contribution in [0, 0.1) is 0 Å². The minimum atomic E-state index is -4.57. The standard InChI is InChI=1S/C11H11ClF3NO3/c12-10-6(1-2-8(16-10)11(13,14)15)9(17)7-5-18-3-4-19-7/h1-2,7,9,17H,3-5H2. The molecule has 2 heterocycles. The zero-order valence-electron chi connectivity index (χ0n) is 9.65. The van der Waals surface area contributed by atoms with Crippen LogP contribution in [0.3, 0.4) is 0 Å². The van der Waals surface area contributed by atoms with Gasteiger partial charge in [0.2, 0.25) is 0 Å². The van der Waals surface area contributed by atoms with Crippen LogP contribution in [0.4, 0.5) is 13.2 Å². The summed E-state index contributed by atoms with van der Waals surface area (Å²) in [6, 6.07) is 1.87. The van der Waals surface area contributed by atoms with Crippen molar-refractivity contribution in [2.45, 2.75) is 18.4 Å². The summed E-state index contributed by atoms with van der Waals surface area (Å²) < 4.78 is 47.7. The van der Waals surface area contributed by atoms with E-state index in [1.54, 1.807) is 0 Å². The summed E-state index contributed by atoms with van der Waals surface area (Å²) in [4.78, 5) is 3.24. The van der Waals surface area contributed by atoms with E-state index < -0.39 is 29.2 Å². The van der Waals surface area contributed by atoms with Crippen molar-refractivity contribution in [3.63, 3.8) is 0 Å². The van der Waals surface area contributed by atoms with Crippen LogP contribution in [0.2, 0.25) is 5.15 Å². The summed E-state index contributed by atoms with van der Waals surface area (Å²) in [6.07, 6.45) is -6.41. The molecule has 2 rings (SSSR count). The average molecular weight is 298 g/mol. The van der Waals surface area contributed by atoms with Gasteiger partial charge in [-0.05, 0) is 6.07 Å². The molecular formula is C11H11ClF3NO3. The van der Waals surface area contributed by atoms with Gasteiger partial charge in [0.05, 0.1) is 19.8 Å². The van der Waals surface area contributed by atoms with E-state index in [0.29, 0.717) is 13.2 Å². The molecule has 19 heavy (non-hydrogen) atoms. The number of hydrogen-bond acceptors (Lipinski definition) is 4. The van der Waals surface area contributed by atoms with E-state index in [-0.39, 0.29) is 12.2 Å². The SMILES string of the molecule is OC(c1ccc(C(F)(F)F)nc1Cl)C1COCCO1. The third-order valence-corrected chi connectivity index (χ3v) is 2.98. The third-order valence-electron chi connectivity index (χ3n) is 2.68. The molecule has 0 bridgehead atoms. The Morgan fingerprint density at radius 2 is 2.11 bits per heavy atom. The van der Waals surface area contributed by atoms with Gasteiger partial charge >= 0.3 is 6.18 Å². The van der Waals surface area contributed by atoms with E-state index >= 15 is 0 Å². The van der Waals surface area contributed by atoms with Crippen molar-refractivity contribution in [2.75, 3.05) is 19.8 Å². The quantitative estimate of drug-likeness (QED) is 0.850. The molecule has 106 valence electrons. The number of hydrogen-bond donors (Lipinski definition) is 1. The largest absolute Gasteiger partial charge is 0.433 e. The zero-order chi connectivity index (χ0) is 14.0. The Kier molecular flexibility index (Phi) is 4.29. The Hall–Kier alpha value is -0.890. The van der Waals surface area contributed by atoms with Gasteiger partial charge in [-0.3, -0.25) is 0 Å². The first-order valence-corrected chi connectivity index (χ1v) is 5.88. The average Bonchev–Trinajstić information content (AvgIpc) is 2.38. The van der Waals surface area contributed by atoms with Crippen LogP contribution < -0.4 is 0 Å². The smallest absolute Gasteiger partial charge is 0.385 e. The lowest BCUT2D eigenvalue weighted by molar-refractivity contribution is -0.141. The molecule has 1 saturated heterocycles. The highest BCUT2D eigenvalue weighted by molar-refractivity contribution is 6.30. The van der Waals surface area contributed by atoms with Gasteiger partial charge in [-0.25, -0.2) is 4.98 Å². The molecule has 0 spiro atoms. The molecule has 0 radical (unpaired) electrons. The molecule has 1 aromatic heterocycles. The van der Waals surface area contributed by atoms with Gasteiger partial charge in [0.25, 0.3) is 0 Å². The van der Waals surface area contributed by atoms with Gasteiger partial charge in [0.15, 0.2) is 0 Å². The summed E-state index contributed by atoms with van der Waals surface area (Å²) in [5, 5.41) is 9.62. The Morgan fingerprint density at radius 1 is 1.37 bits per heavy atom. The Labute approximate surface area is 112 Å². The van der Waals surface area contributed by atoms with E-state index in [2.05, 4.69) is 4.98 Å². The van der Waals surface area contributed by atoms with Crippen molar-refractivity contribution in [2.24, 2.45) is 0 Å². The van der Waals surface area contributed by atoms with Crippen LogP contribution in [0.1, 0.15) is 17.4 Å². The Balaban J connectivity index is 2.20. The highest BCUT2D eigenvalue weighted by Crippen LogP contribution is 2.32. The topological polar surface area (TPSA) is 51.6 Å². The van der Waals surface area contributed by atoms with Crippen LogP contribution in [0.5, 0.6) is 0 Å². The van der Waals surface area contributed by atoms with Gasteiger partial charge in [0, 0.05) is 5.56 Å². The molecule has 1 aliphatic heterocycles. The van der Waals surface area contributed by atoms with Crippen molar-refractivity contribution in [3.8, 4) is 0 Å². The van der Waals surface area contributed by atoms with Gasteiger partial charge < -0.3 is 14.6 Å². The minimum absolute atomic E-state index is 0.0881. The summed E-state index contributed by atoms with van der Waals surface area (Å²) in [5.74, 6) is 0. The normalized spacial score (nSPS) is 22.3. The molecule has 8 heteroatoms. The maximum absolute atomic E-state index is 12.4. The first-order valence-electron chi connectivity index (χ1n) is 5.50. The fourth-order valence-electron chi connectivity index (χ4n) is 1.71. The number of rotatable bonds is 2. The van der Waals surface area contributed by atoms with Crippen LogP contribution in [0.25, 0.3) is 0 Å². The lowest BCUT2D eigenvalue weighted by atomic mass is 10.1. The van der Waals surface area contributed by atoms with E-state index in [1.165, 1.54) is 0 Å². The highest BCUT2D eigenvalue weighted by atomic mass is 35.5. The fraction of sp³-hybridized carbons (Fsp3) is 0.545. The molecule has 2 atom stereocenters. The monoisotopic (exact) mass is 297 g/mol. The lowest BCUT2D eigenvalue weighted by Crippen LogP contribution is -2.34. The second-order valence-electron chi connectivity index (χ2n) is 4.00. The summed E-state index contributed by atoms with van der Waals surface area (Å²) >= 11 is 5.68. The number of nitrogens with zero attached hydrogens (tertiary/aromatic N) is 1. The van der Waals surface area contributed by atoms with Gasteiger partial charge in [0.1, 0.15) is 23.1 Å². The van der Waals surface area contributed by atoms with Crippen molar-refractivity contribution >= 4 is 11.6 Å². The highest BCUT2D eigenvalue weighted by Gasteiger charge is 2.34. The summed E-state index contributed by atoms with van der Waals surface area (Å²) in [5.41, 5.74) is -1.01. The number of aromatic nitrogens is 1. The number of aliphatic hydroxyl groups is 1.